The first-order valence-electron chi connectivity index (χ1n) is 13.5. The van der Waals surface area contributed by atoms with Gasteiger partial charge in [-0.1, -0.05) is 41.9 Å². The van der Waals surface area contributed by atoms with Gasteiger partial charge in [0, 0.05) is 50.6 Å². The van der Waals surface area contributed by atoms with E-state index in [-0.39, 0.29) is 60.0 Å². The molecule has 0 aliphatic carbocycles. The average molecular weight is 676 g/mol. The third-order valence-corrected chi connectivity index (χ3v) is 9.52. The lowest BCUT2D eigenvalue weighted by atomic mass is 9.95. The van der Waals surface area contributed by atoms with E-state index >= 15 is 0 Å². The lowest BCUT2D eigenvalue weighted by Gasteiger charge is -2.16. The van der Waals surface area contributed by atoms with E-state index in [2.05, 4.69) is 9.83 Å². The molecule has 0 atom stereocenters. The summed E-state index contributed by atoms with van der Waals surface area (Å²) in [7, 11) is -4.61. The first-order valence-corrected chi connectivity index (χ1v) is 15.4. The van der Waals surface area contributed by atoms with Gasteiger partial charge in [-0.05, 0) is 60.2 Å². The maximum Gasteiger partial charge on any atom is 0.338 e. The quantitative estimate of drug-likeness (QED) is 0.134. The normalized spacial score (nSPS) is 11.6. The Hall–Kier alpha value is -5.51. The molecule has 1 N–H and O–H groups in total. The zero-order chi connectivity index (χ0) is 33.6. The Morgan fingerprint density at radius 1 is 0.936 bits per heavy atom. The largest absolute Gasteiger partial charge is 0.478 e. The summed E-state index contributed by atoms with van der Waals surface area (Å²) in [6.45, 7) is 7.76. The molecule has 0 aliphatic heterocycles. The molecule has 0 amide bonds. The van der Waals surface area contributed by atoms with Gasteiger partial charge >= 0.3 is 5.97 Å². The number of fused-ring (bicyclic) bond motifs is 1. The highest BCUT2D eigenvalue weighted by atomic mass is 35.5. The van der Waals surface area contributed by atoms with E-state index < -0.39 is 45.2 Å². The standard InChI is InChI=1S/C34H18ClF4N3O4S/c1-40-29-11-12-41-17-26(29)31-25-14-21(36)7-10-30(25)42(47(45,46)22-8-5-18(6-9-22)33(38)39)32(31)20-4-2-3-19(13-20)23-16-28(37)24(34(43)44)15-27(23)35/h2-17,33H,(H,43,44). The number of rotatable bonds is 7. The minimum atomic E-state index is -4.61. The fourth-order valence-electron chi connectivity index (χ4n) is 5.35. The van der Waals surface area contributed by atoms with Gasteiger partial charge in [-0.15, -0.1) is 0 Å². The summed E-state index contributed by atoms with van der Waals surface area (Å²) in [4.78, 5) is 18.8. The Labute approximate surface area is 269 Å². The van der Waals surface area contributed by atoms with E-state index in [9.17, 15) is 35.9 Å². The van der Waals surface area contributed by atoms with Crippen molar-refractivity contribution < 1.29 is 35.9 Å². The highest BCUT2D eigenvalue weighted by Gasteiger charge is 2.30. The van der Waals surface area contributed by atoms with Crippen LogP contribution in [0.5, 0.6) is 0 Å². The summed E-state index contributed by atoms with van der Waals surface area (Å²) >= 11 is 6.38. The van der Waals surface area contributed by atoms with Crippen LogP contribution in [0, 0.1) is 18.2 Å². The summed E-state index contributed by atoms with van der Waals surface area (Å²) in [5.41, 5.74) is -0.130. The van der Waals surface area contributed by atoms with Gasteiger partial charge in [0.15, 0.2) is 5.69 Å². The predicted octanol–water partition coefficient (Wildman–Crippen LogP) is 9.39. The number of halogens is 5. The molecule has 0 aliphatic rings. The summed E-state index contributed by atoms with van der Waals surface area (Å²) < 4.78 is 86.1. The predicted molar refractivity (Wildman–Crippen MR) is 168 cm³/mol. The van der Waals surface area contributed by atoms with Crippen molar-refractivity contribution >= 4 is 44.2 Å². The smallest absolute Gasteiger partial charge is 0.338 e. The number of carboxylic acids is 1. The number of aromatic carboxylic acids is 1. The van der Waals surface area contributed by atoms with E-state index in [0.29, 0.717) is 0 Å². The molecule has 0 saturated heterocycles. The molecule has 6 aromatic rings. The monoisotopic (exact) mass is 675 g/mol. The van der Waals surface area contributed by atoms with Crippen LogP contribution in [0.2, 0.25) is 5.02 Å². The fraction of sp³-hybridized carbons (Fsp3) is 0.0294. The second-order valence-corrected chi connectivity index (χ2v) is 12.4. The molecule has 47 heavy (non-hydrogen) atoms. The van der Waals surface area contributed by atoms with Crippen molar-refractivity contribution in [1.82, 2.24) is 8.96 Å². The van der Waals surface area contributed by atoms with E-state index in [0.717, 1.165) is 52.5 Å². The topological polar surface area (TPSA) is 93.6 Å². The van der Waals surface area contributed by atoms with Crippen LogP contribution >= 0.6 is 11.6 Å². The molecular formula is C34H18ClF4N3O4S. The van der Waals surface area contributed by atoms with Crippen molar-refractivity contribution in [2.24, 2.45) is 0 Å². The van der Waals surface area contributed by atoms with Crippen LogP contribution in [0.4, 0.5) is 23.2 Å². The van der Waals surface area contributed by atoms with E-state index in [1.54, 1.807) is 6.07 Å². The molecule has 4 aromatic carbocycles. The SMILES string of the molecule is [C-]#[N+]c1ccncc1-c1c(-c2cccc(-c3cc(F)c(C(=O)O)cc3Cl)c2)n(S(=O)(=O)c2ccc(C(F)F)cc2)c2ccc(F)cc12. The number of nitrogens with zero attached hydrogens (tertiary/aromatic N) is 3. The first kappa shape index (κ1) is 31.5. The number of pyridine rings is 1. The maximum absolute atomic E-state index is 14.9. The molecule has 0 spiro atoms. The van der Waals surface area contributed by atoms with E-state index in [1.165, 1.54) is 42.7 Å². The molecule has 0 radical (unpaired) electrons. The van der Waals surface area contributed by atoms with E-state index in [4.69, 9.17) is 18.2 Å². The van der Waals surface area contributed by atoms with Gasteiger partial charge in [0.05, 0.1) is 28.2 Å². The molecule has 0 fully saturated rings. The van der Waals surface area contributed by atoms with Crippen molar-refractivity contribution in [3.8, 4) is 33.5 Å². The third kappa shape index (κ3) is 5.49. The summed E-state index contributed by atoms with van der Waals surface area (Å²) in [6, 6.07) is 16.9. The number of carboxylic acid groups (broad SMARTS) is 1. The number of hydrogen-bond donors (Lipinski definition) is 1. The van der Waals surface area contributed by atoms with Crippen LogP contribution in [-0.4, -0.2) is 28.5 Å². The number of hydrogen-bond acceptors (Lipinski definition) is 4. The van der Waals surface area contributed by atoms with Crippen LogP contribution in [0.1, 0.15) is 22.3 Å². The van der Waals surface area contributed by atoms with Crippen LogP contribution < -0.4 is 0 Å². The van der Waals surface area contributed by atoms with Crippen LogP contribution in [0.15, 0.2) is 102 Å². The molecular weight excluding hydrogens is 658 g/mol. The second-order valence-electron chi connectivity index (χ2n) is 10.2. The van der Waals surface area contributed by atoms with Crippen molar-refractivity contribution in [1.29, 1.82) is 0 Å². The first-order chi connectivity index (χ1) is 22.4. The van der Waals surface area contributed by atoms with Crippen molar-refractivity contribution in [3.63, 3.8) is 0 Å². The molecule has 0 unspecified atom stereocenters. The van der Waals surface area contributed by atoms with Gasteiger partial charge in [-0.2, -0.15) is 0 Å². The number of alkyl halides is 2. The lowest BCUT2D eigenvalue weighted by molar-refractivity contribution is 0.0692. The third-order valence-electron chi connectivity index (χ3n) is 7.48. The Morgan fingerprint density at radius 2 is 1.66 bits per heavy atom. The van der Waals surface area contributed by atoms with Crippen molar-refractivity contribution in [2.45, 2.75) is 11.3 Å². The highest BCUT2D eigenvalue weighted by Crippen LogP contribution is 2.46. The molecule has 0 bridgehead atoms. The average Bonchev–Trinajstić information content (AvgIpc) is 3.40. The second kappa shape index (κ2) is 12.0. The molecule has 2 heterocycles. The minimum Gasteiger partial charge on any atom is -0.478 e. The molecule has 7 nitrogen and oxygen atoms in total. The van der Waals surface area contributed by atoms with Gasteiger partial charge < -0.3 is 5.11 Å². The molecule has 13 heteroatoms. The van der Waals surface area contributed by atoms with Gasteiger partial charge in [-0.25, -0.2) is 39.6 Å². The summed E-state index contributed by atoms with van der Waals surface area (Å²) in [5.74, 6) is -3.28. The van der Waals surface area contributed by atoms with Gasteiger partial charge in [-0.3, -0.25) is 4.98 Å². The molecule has 2 aromatic heterocycles. The summed E-state index contributed by atoms with van der Waals surface area (Å²) in [6.07, 6.45) is -0.132. The van der Waals surface area contributed by atoms with Crippen LogP contribution in [0.3, 0.4) is 0 Å². The lowest BCUT2D eigenvalue weighted by Crippen LogP contribution is -2.14. The number of carbonyl (C=O) groups is 1. The molecule has 6 rings (SSSR count). The number of benzene rings is 4. The fourth-order valence-corrected chi connectivity index (χ4v) is 7.17. The van der Waals surface area contributed by atoms with Gasteiger partial charge in [0.2, 0.25) is 0 Å². The molecule has 0 saturated carbocycles. The maximum atomic E-state index is 14.9. The van der Waals surface area contributed by atoms with Crippen molar-refractivity contribution in [3.05, 3.63) is 137 Å². The van der Waals surface area contributed by atoms with Gasteiger partial charge in [0.1, 0.15) is 11.6 Å². The Balaban J connectivity index is 1.72. The Kier molecular flexibility index (Phi) is 8.05. The zero-order valence-corrected chi connectivity index (χ0v) is 25.2. The Bertz CT molecular complexity index is 2390. The highest BCUT2D eigenvalue weighted by molar-refractivity contribution is 7.90. The van der Waals surface area contributed by atoms with E-state index in [1.807, 2.05) is 0 Å². The minimum absolute atomic E-state index is 0.00871. The zero-order valence-electron chi connectivity index (χ0n) is 23.6. The van der Waals surface area contributed by atoms with Crippen LogP contribution in [-0.2, 0) is 10.0 Å². The Morgan fingerprint density at radius 3 is 2.34 bits per heavy atom. The molecule has 234 valence electrons. The van der Waals surface area contributed by atoms with Crippen LogP contribution in [0.25, 0.3) is 49.3 Å². The summed E-state index contributed by atoms with van der Waals surface area (Å²) in [5, 5.41) is 9.31. The van der Waals surface area contributed by atoms with Gasteiger partial charge in [0.25, 0.3) is 16.4 Å². The number of aromatic nitrogens is 2. The van der Waals surface area contributed by atoms with Crippen molar-refractivity contribution in [2.75, 3.05) is 0 Å².